The van der Waals surface area contributed by atoms with Gasteiger partial charge in [0, 0.05) is 37.0 Å². The van der Waals surface area contributed by atoms with Crippen LogP contribution in [-0.2, 0) is 13.7 Å². The van der Waals surface area contributed by atoms with Gasteiger partial charge in [-0.05, 0) is 37.0 Å². The van der Waals surface area contributed by atoms with Crippen LogP contribution >= 0.6 is 24.8 Å². The number of methoxy groups -OCH3 is 1. The molecule has 27 heavy (non-hydrogen) atoms. The summed E-state index contributed by atoms with van der Waals surface area (Å²) in [5.74, 6) is 1.49. The number of aryl methyl sites for hydroxylation is 1. The van der Waals surface area contributed by atoms with E-state index in [0.29, 0.717) is 36.1 Å². The lowest BCUT2D eigenvalue weighted by Gasteiger charge is -2.14. The summed E-state index contributed by atoms with van der Waals surface area (Å²) in [6, 6.07) is 5.17. The average Bonchev–Trinajstić information content (AvgIpc) is 3.39. The zero-order chi connectivity index (χ0) is 17.8. The lowest BCUT2D eigenvalue weighted by Crippen LogP contribution is -2.38. The van der Waals surface area contributed by atoms with Crippen molar-refractivity contribution in [3.05, 3.63) is 41.7 Å². The first-order valence-corrected chi connectivity index (χ1v) is 8.39. The van der Waals surface area contributed by atoms with E-state index in [2.05, 4.69) is 10.4 Å². The maximum atomic E-state index is 12.3. The van der Waals surface area contributed by atoms with Gasteiger partial charge in [-0.2, -0.15) is 5.10 Å². The Kier molecular flexibility index (Phi) is 8.88. The molecule has 0 radical (unpaired) electrons. The number of halogens is 2. The van der Waals surface area contributed by atoms with Crippen molar-refractivity contribution in [2.24, 2.45) is 18.7 Å². The van der Waals surface area contributed by atoms with E-state index in [1.165, 1.54) is 0 Å². The predicted octanol–water partition coefficient (Wildman–Crippen LogP) is 2.32. The van der Waals surface area contributed by atoms with Crippen molar-refractivity contribution in [3.8, 4) is 11.5 Å². The van der Waals surface area contributed by atoms with Crippen LogP contribution in [0.15, 0.2) is 30.6 Å². The van der Waals surface area contributed by atoms with E-state index in [-0.39, 0.29) is 36.8 Å². The fourth-order valence-electron chi connectivity index (χ4n) is 2.64. The molecule has 1 heterocycles. The molecule has 0 bridgehead atoms. The normalized spacial score (nSPS) is 13.7. The minimum absolute atomic E-state index is 0. The second kappa shape index (κ2) is 10.4. The Balaban J connectivity index is 0.00000182. The Hall–Kier alpha value is -1.96. The van der Waals surface area contributed by atoms with Crippen LogP contribution < -0.4 is 20.5 Å². The third kappa shape index (κ3) is 6.30. The summed E-state index contributed by atoms with van der Waals surface area (Å²) in [6.07, 6.45) is 5.95. The third-order valence-electron chi connectivity index (χ3n) is 4.30. The number of nitrogens with zero attached hydrogens (tertiary/aromatic N) is 2. The van der Waals surface area contributed by atoms with Gasteiger partial charge in [-0.25, -0.2) is 0 Å². The Morgan fingerprint density at radius 1 is 1.37 bits per heavy atom. The van der Waals surface area contributed by atoms with E-state index < -0.39 is 0 Å². The number of carbonyl (C=O) groups is 1. The second-order valence-corrected chi connectivity index (χ2v) is 6.39. The minimum Gasteiger partial charge on any atom is -0.493 e. The number of nitrogens with one attached hydrogen (secondary N) is 1. The van der Waals surface area contributed by atoms with Crippen molar-refractivity contribution in [1.29, 1.82) is 0 Å². The van der Waals surface area contributed by atoms with Gasteiger partial charge >= 0.3 is 0 Å². The summed E-state index contributed by atoms with van der Waals surface area (Å²) in [4.78, 5) is 12.3. The quantitative estimate of drug-likeness (QED) is 0.688. The number of nitrogens with two attached hydrogens (primary N) is 1. The van der Waals surface area contributed by atoms with Crippen molar-refractivity contribution in [2.75, 3.05) is 13.7 Å². The van der Waals surface area contributed by atoms with Gasteiger partial charge in [-0.1, -0.05) is 0 Å². The van der Waals surface area contributed by atoms with Crippen LogP contribution in [0.2, 0.25) is 0 Å². The molecule has 150 valence electrons. The molecule has 2 aromatic rings. The molecule has 9 heteroatoms. The number of hydrogen-bond acceptors (Lipinski definition) is 5. The lowest BCUT2D eigenvalue weighted by molar-refractivity contribution is 0.0950. The fourth-order valence-corrected chi connectivity index (χ4v) is 2.64. The fraction of sp³-hybridized carbons (Fsp3) is 0.444. The molecule has 0 saturated heterocycles. The van der Waals surface area contributed by atoms with Gasteiger partial charge in [0.2, 0.25) is 0 Å². The summed E-state index contributed by atoms with van der Waals surface area (Å²) in [5.41, 5.74) is 7.50. The van der Waals surface area contributed by atoms with Crippen molar-refractivity contribution in [1.82, 2.24) is 15.1 Å². The molecule has 1 fully saturated rings. The molecular formula is C18H26Cl2N4O3. The molecule has 1 unspecified atom stereocenters. The van der Waals surface area contributed by atoms with Crippen LogP contribution in [0.25, 0.3) is 0 Å². The van der Waals surface area contributed by atoms with Crippen molar-refractivity contribution >= 4 is 30.7 Å². The Morgan fingerprint density at radius 3 is 2.70 bits per heavy atom. The largest absolute Gasteiger partial charge is 0.493 e. The summed E-state index contributed by atoms with van der Waals surface area (Å²) in [7, 11) is 3.41. The Labute approximate surface area is 171 Å². The van der Waals surface area contributed by atoms with Crippen molar-refractivity contribution < 1.29 is 14.3 Å². The van der Waals surface area contributed by atoms with Crippen LogP contribution in [0, 0.1) is 5.92 Å². The summed E-state index contributed by atoms with van der Waals surface area (Å²) in [6.45, 7) is 0.872. The highest BCUT2D eigenvalue weighted by Crippen LogP contribution is 2.31. The van der Waals surface area contributed by atoms with Crippen molar-refractivity contribution in [3.63, 3.8) is 0 Å². The molecular weight excluding hydrogens is 391 g/mol. The molecule has 1 aliphatic carbocycles. The van der Waals surface area contributed by atoms with Crippen LogP contribution in [0.5, 0.6) is 11.5 Å². The van der Waals surface area contributed by atoms with Crippen LogP contribution in [0.3, 0.4) is 0 Å². The van der Waals surface area contributed by atoms with Gasteiger partial charge < -0.3 is 20.5 Å². The maximum absolute atomic E-state index is 12.3. The van der Waals surface area contributed by atoms with Gasteiger partial charge in [0.15, 0.2) is 11.5 Å². The standard InChI is InChI=1S/C18H24N4O3.2ClH/c1-22-10-12(8-21-22)11-25-16-6-5-14(7-17(16)24-2)18(23)20-9-15(19)13-3-4-13;;/h5-8,10,13,15H,3-4,9,11,19H2,1-2H3,(H,20,23);2*1H. The monoisotopic (exact) mass is 416 g/mol. The highest BCUT2D eigenvalue weighted by molar-refractivity contribution is 5.94. The van der Waals surface area contributed by atoms with Gasteiger partial charge in [0.1, 0.15) is 6.61 Å². The summed E-state index contributed by atoms with van der Waals surface area (Å²) >= 11 is 0. The van der Waals surface area contributed by atoms with Crippen LogP contribution in [0.1, 0.15) is 28.8 Å². The topological polar surface area (TPSA) is 91.4 Å². The molecule has 7 nitrogen and oxygen atoms in total. The molecule has 3 rings (SSSR count). The molecule has 0 spiro atoms. The number of benzene rings is 1. The average molecular weight is 417 g/mol. The van der Waals surface area contributed by atoms with Gasteiger partial charge in [0.25, 0.3) is 5.91 Å². The van der Waals surface area contributed by atoms with Crippen LogP contribution in [-0.4, -0.2) is 35.4 Å². The molecule has 1 aliphatic rings. The van der Waals surface area contributed by atoms with Crippen molar-refractivity contribution in [2.45, 2.75) is 25.5 Å². The van der Waals surface area contributed by atoms with Gasteiger partial charge in [0.05, 0.1) is 13.3 Å². The minimum atomic E-state index is -0.159. The summed E-state index contributed by atoms with van der Waals surface area (Å²) < 4.78 is 12.8. The Bertz CT molecular complexity index is 750. The van der Waals surface area contributed by atoms with E-state index >= 15 is 0 Å². The number of ether oxygens (including phenoxy) is 2. The van der Waals surface area contributed by atoms with E-state index in [1.807, 2.05) is 13.2 Å². The lowest BCUT2D eigenvalue weighted by atomic mass is 10.1. The zero-order valence-corrected chi connectivity index (χ0v) is 17.0. The van der Waals surface area contributed by atoms with E-state index in [1.54, 1.807) is 36.2 Å². The molecule has 3 N–H and O–H groups in total. The first-order valence-electron chi connectivity index (χ1n) is 8.39. The van der Waals surface area contributed by atoms with Gasteiger partial charge in [-0.3, -0.25) is 9.48 Å². The first kappa shape index (κ1) is 23.1. The second-order valence-electron chi connectivity index (χ2n) is 6.39. The number of hydrogen-bond donors (Lipinski definition) is 2. The number of aromatic nitrogens is 2. The van der Waals surface area contributed by atoms with Crippen LogP contribution in [0.4, 0.5) is 0 Å². The highest BCUT2D eigenvalue weighted by Gasteiger charge is 2.28. The van der Waals surface area contributed by atoms with E-state index in [4.69, 9.17) is 15.2 Å². The molecule has 1 aromatic heterocycles. The summed E-state index contributed by atoms with van der Waals surface area (Å²) in [5, 5.41) is 6.98. The molecule has 1 amide bonds. The van der Waals surface area contributed by atoms with Gasteiger partial charge in [-0.15, -0.1) is 24.8 Å². The molecule has 0 aliphatic heterocycles. The SMILES string of the molecule is COc1cc(C(=O)NCC(N)C2CC2)ccc1OCc1cnn(C)c1.Cl.Cl. The smallest absolute Gasteiger partial charge is 0.251 e. The Morgan fingerprint density at radius 2 is 2.11 bits per heavy atom. The number of carbonyl (C=O) groups excluding carboxylic acids is 1. The van der Waals surface area contributed by atoms with E-state index in [0.717, 1.165) is 18.4 Å². The third-order valence-corrected chi connectivity index (χ3v) is 4.30. The maximum Gasteiger partial charge on any atom is 0.251 e. The highest BCUT2D eigenvalue weighted by atomic mass is 35.5. The predicted molar refractivity (Wildman–Crippen MR) is 108 cm³/mol. The first-order chi connectivity index (χ1) is 12.1. The number of amides is 1. The molecule has 1 aromatic carbocycles. The molecule has 1 saturated carbocycles. The number of rotatable bonds is 8. The van der Waals surface area contributed by atoms with E-state index in [9.17, 15) is 4.79 Å². The zero-order valence-electron chi connectivity index (χ0n) is 15.4. The molecule has 1 atom stereocenters.